The highest BCUT2D eigenvalue weighted by atomic mass is 32.2. The van der Waals surface area contributed by atoms with Crippen LogP contribution in [0.2, 0.25) is 0 Å². The standard InChI is InChI=1S/C13H18N4O3S2/c1-4-17(5-2)12-7-6-10(8-14-12)16-22(18,19)11-9-21-15-13(11)20-3/h6-9,16H,4-5H2,1-3H3. The van der Waals surface area contributed by atoms with Crippen LogP contribution < -0.4 is 14.4 Å². The summed E-state index contributed by atoms with van der Waals surface area (Å²) >= 11 is 1.02. The second-order valence-corrected chi connectivity index (χ2v) is 6.65. The average Bonchev–Trinajstić information content (AvgIpc) is 2.99. The molecule has 0 saturated carbocycles. The van der Waals surface area contributed by atoms with Gasteiger partial charge in [-0.25, -0.2) is 13.4 Å². The Kier molecular flexibility index (Phi) is 5.19. The molecule has 0 atom stereocenters. The first-order valence-corrected chi connectivity index (χ1v) is 9.06. The molecule has 0 spiro atoms. The lowest BCUT2D eigenvalue weighted by molar-refractivity contribution is 0.391. The minimum absolute atomic E-state index is 0.0211. The maximum absolute atomic E-state index is 12.3. The van der Waals surface area contributed by atoms with Gasteiger partial charge in [0, 0.05) is 18.5 Å². The molecule has 2 rings (SSSR count). The van der Waals surface area contributed by atoms with E-state index in [-0.39, 0.29) is 10.8 Å². The first-order chi connectivity index (χ1) is 10.5. The van der Waals surface area contributed by atoms with Gasteiger partial charge in [0.2, 0.25) is 5.88 Å². The summed E-state index contributed by atoms with van der Waals surface area (Å²) < 4.78 is 35.9. The highest BCUT2D eigenvalue weighted by molar-refractivity contribution is 7.93. The summed E-state index contributed by atoms with van der Waals surface area (Å²) in [4.78, 5) is 6.38. The second kappa shape index (κ2) is 6.93. The molecule has 7 nitrogen and oxygen atoms in total. The number of hydrogen-bond acceptors (Lipinski definition) is 7. The van der Waals surface area contributed by atoms with Crippen molar-refractivity contribution in [3.8, 4) is 5.88 Å². The molecule has 0 aromatic carbocycles. The number of pyridine rings is 1. The minimum atomic E-state index is -3.74. The number of methoxy groups -OCH3 is 1. The van der Waals surface area contributed by atoms with E-state index in [9.17, 15) is 8.42 Å². The number of sulfonamides is 1. The third-order valence-corrected chi connectivity index (χ3v) is 5.21. The molecule has 120 valence electrons. The molecule has 0 aliphatic rings. The number of aromatic nitrogens is 2. The van der Waals surface area contributed by atoms with Gasteiger partial charge in [-0.2, -0.15) is 4.37 Å². The molecule has 0 bridgehead atoms. The lowest BCUT2D eigenvalue weighted by Gasteiger charge is -2.19. The van der Waals surface area contributed by atoms with E-state index in [0.29, 0.717) is 5.69 Å². The molecular formula is C13H18N4O3S2. The molecule has 0 aliphatic carbocycles. The van der Waals surface area contributed by atoms with Crippen molar-refractivity contribution in [3.63, 3.8) is 0 Å². The van der Waals surface area contributed by atoms with Gasteiger partial charge in [0.15, 0.2) is 4.90 Å². The summed E-state index contributed by atoms with van der Waals surface area (Å²) in [6, 6.07) is 3.47. The molecular weight excluding hydrogens is 324 g/mol. The minimum Gasteiger partial charge on any atom is -0.479 e. The molecule has 2 heterocycles. The van der Waals surface area contributed by atoms with Crippen LogP contribution in [0, 0.1) is 0 Å². The Morgan fingerprint density at radius 3 is 2.59 bits per heavy atom. The van der Waals surface area contributed by atoms with E-state index >= 15 is 0 Å². The van der Waals surface area contributed by atoms with Crippen LogP contribution in [0.5, 0.6) is 5.88 Å². The molecule has 0 fully saturated rings. The summed E-state index contributed by atoms with van der Waals surface area (Å²) in [5.74, 6) is 0.896. The predicted molar refractivity (Wildman–Crippen MR) is 87.3 cm³/mol. The number of rotatable bonds is 7. The van der Waals surface area contributed by atoms with Crippen molar-refractivity contribution in [2.45, 2.75) is 18.7 Å². The van der Waals surface area contributed by atoms with Crippen molar-refractivity contribution in [1.82, 2.24) is 9.36 Å². The predicted octanol–water partition coefficient (Wildman–Crippen LogP) is 2.19. The van der Waals surface area contributed by atoms with Gasteiger partial charge in [-0.05, 0) is 37.5 Å². The number of nitrogens with zero attached hydrogens (tertiary/aromatic N) is 3. The molecule has 22 heavy (non-hydrogen) atoms. The van der Waals surface area contributed by atoms with Gasteiger partial charge < -0.3 is 9.64 Å². The van der Waals surface area contributed by atoms with Crippen LogP contribution in [0.4, 0.5) is 11.5 Å². The number of ether oxygens (including phenoxy) is 1. The monoisotopic (exact) mass is 342 g/mol. The topological polar surface area (TPSA) is 84.4 Å². The maximum Gasteiger partial charge on any atom is 0.268 e. The third kappa shape index (κ3) is 3.47. The Morgan fingerprint density at radius 1 is 1.32 bits per heavy atom. The Balaban J connectivity index is 2.20. The van der Waals surface area contributed by atoms with E-state index in [0.717, 1.165) is 30.4 Å². The molecule has 9 heteroatoms. The van der Waals surface area contributed by atoms with Gasteiger partial charge in [0.1, 0.15) is 5.82 Å². The fourth-order valence-electron chi connectivity index (χ4n) is 1.92. The van der Waals surface area contributed by atoms with E-state index in [1.54, 1.807) is 12.1 Å². The van der Waals surface area contributed by atoms with Crippen LogP contribution in [-0.2, 0) is 10.0 Å². The first-order valence-electron chi connectivity index (χ1n) is 6.74. The van der Waals surface area contributed by atoms with Gasteiger partial charge >= 0.3 is 0 Å². The number of nitrogens with one attached hydrogen (secondary N) is 1. The molecule has 0 amide bonds. The van der Waals surface area contributed by atoms with E-state index in [4.69, 9.17) is 4.74 Å². The molecule has 2 aromatic rings. The zero-order valence-electron chi connectivity index (χ0n) is 12.6. The van der Waals surface area contributed by atoms with Gasteiger partial charge in [0.05, 0.1) is 19.0 Å². The molecule has 0 radical (unpaired) electrons. The van der Waals surface area contributed by atoms with E-state index in [1.165, 1.54) is 18.7 Å². The Bertz CT molecular complexity index is 709. The molecule has 0 unspecified atom stereocenters. The lowest BCUT2D eigenvalue weighted by Crippen LogP contribution is -2.22. The third-order valence-electron chi connectivity index (χ3n) is 3.08. The van der Waals surface area contributed by atoms with Crippen LogP contribution >= 0.6 is 11.5 Å². The van der Waals surface area contributed by atoms with E-state index in [1.807, 2.05) is 13.8 Å². The average molecular weight is 342 g/mol. The van der Waals surface area contributed by atoms with Crippen molar-refractivity contribution in [3.05, 3.63) is 23.7 Å². The highest BCUT2D eigenvalue weighted by Crippen LogP contribution is 2.26. The quantitative estimate of drug-likeness (QED) is 0.830. The van der Waals surface area contributed by atoms with Gasteiger partial charge in [-0.15, -0.1) is 0 Å². The zero-order valence-corrected chi connectivity index (χ0v) is 14.2. The first kappa shape index (κ1) is 16.5. The Hall–Kier alpha value is -1.87. The Morgan fingerprint density at radius 2 is 2.05 bits per heavy atom. The Labute approximate surface area is 134 Å². The fraction of sp³-hybridized carbons (Fsp3) is 0.385. The molecule has 2 aromatic heterocycles. The largest absolute Gasteiger partial charge is 0.479 e. The normalized spacial score (nSPS) is 11.2. The fourth-order valence-corrected chi connectivity index (χ4v) is 4.04. The SMILES string of the molecule is CCN(CC)c1ccc(NS(=O)(=O)c2csnc2OC)cn1. The smallest absolute Gasteiger partial charge is 0.268 e. The maximum atomic E-state index is 12.3. The summed E-state index contributed by atoms with van der Waals surface area (Å²) in [5, 5.41) is 1.43. The zero-order chi connectivity index (χ0) is 16.2. The van der Waals surface area contributed by atoms with Gasteiger partial charge in [-0.3, -0.25) is 4.72 Å². The van der Waals surface area contributed by atoms with Crippen LogP contribution in [0.1, 0.15) is 13.8 Å². The van der Waals surface area contributed by atoms with Crippen molar-refractivity contribution in [1.29, 1.82) is 0 Å². The van der Waals surface area contributed by atoms with Crippen LogP contribution in [0.25, 0.3) is 0 Å². The summed E-state index contributed by atoms with van der Waals surface area (Å²) in [6.07, 6.45) is 1.50. The van der Waals surface area contributed by atoms with Crippen LogP contribution in [0.15, 0.2) is 28.6 Å². The van der Waals surface area contributed by atoms with Gasteiger partial charge in [-0.1, -0.05) is 0 Å². The van der Waals surface area contributed by atoms with Crippen molar-refractivity contribution >= 4 is 33.1 Å². The summed E-state index contributed by atoms with van der Waals surface area (Å²) in [6.45, 7) is 5.76. The second-order valence-electron chi connectivity index (χ2n) is 4.37. The summed E-state index contributed by atoms with van der Waals surface area (Å²) in [5.41, 5.74) is 0.393. The van der Waals surface area contributed by atoms with Gasteiger partial charge in [0.25, 0.3) is 10.0 Å². The molecule has 0 saturated heterocycles. The number of hydrogen-bond donors (Lipinski definition) is 1. The van der Waals surface area contributed by atoms with Crippen molar-refractivity contribution in [2.75, 3.05) is 29.8 Å². The van der Waals surface area contributed by atoms with Crippen molar-refractivity contribution < 1.29 is 13.2 Å². The highest BCUT2D eigenvalue weighted by Gasteiger charge is 2.22. The van der Waals surface area contributed by atoms with Crippen LogP contribution in [-0.4, -0.2) is 38.0 Å². The summed E-state index contributed by atoms with van der Waals surface area (Å²) in [7, 11) is -2.35. The molecule has 0 aliphatic heterocycles. The van der Waals surface area contributed by atoms with E-state index in [2.05, 4.69) is 19.0 Å². The van der Waals surface area contributed by atoms with Crippen LogP contribution in [0.3, 0.4) is 0 Å². The number of anilines is 2. The molecule has 1 N–H and O–H groups in total. The van der Waals surface area contributed by atoms with Crippen molar-refractivity contribution in [2.24, 2.45) is 0 Å². The lowest BCUT2D eigenvalue weighted by atomic mass is 10.4. The van der Waals surface area contributed by atoms with E-state index < -0.39 is 10.0 Å².